The average Bonchev–Trinajstić information content (AvgIpc) is 2.68. The molecule has 1 heterocycles. The molecule has 0 fully saturated rings. The van der Waals surface area contributed by atoms with E-state index in [1.165, 1.54) is 11.8 Å². The van der Waals surface area contributed by atoms with Crippen molar-refractivity contribution in [2.45, 2.75) is 11.7 Å². The van der Waals surface area contributed by atoms with Crippen molar-refractivity contribution in [3.63, 3.8) is 0 Å². The largest absolute Gasteiger partial charge is 0.481 e. The number of nitrogens with zero attached hydrogens (tertiary/aromatic N) is 1. The Kier molecular flexibility index (Phi) is 3.46. The minimum atomic E-state index is -0.779. The van der Waals surface area contributed by atoms with Crippen molar-refractivity contribution >= 4 is 39.3 Å². The summed E-state index contributed by atoms with van der Waals surface area (Å²) in [6.07, 6.45) is 2.04. The van der Waals surface area contributed by atoms with Gasteiger partial charge in [-0.2, -0.15) is 11.8 Å². The van der Waals surface area contributed by atoms with Crippen molar-refractivity contribution in [1.82, 2.24) is 4.98 Å². The first-order chi connectivity index (χ1) is 7.70. The zero-order valence-corrected chi connectivity index (χ0v) is 10.3. The average molecular weight is 253 g/mol. The lowest BCUT2D eigenvalue weighted by Crippen LogP contribution is -2.02. The molecular weight excluding hydrogens is 242 g/mol. The number of rotatable bonds is 4. The first-order valence-corrected chi connectivity index (χ1v) is 6.91. The summed E-state index contributed by atoms with van der Waals surface area (Å²) in [4.78, 5) is 15.2. The molecule has 0 aliphatic carbocycles. The van der Waals surface area contributed by atoms with Crippen molar-refractivity contribution in [2.75, 3.05) is 6.26 Å². The minimum absolute atomic E-state index is 0.0464. The maximum Gasteiger partial charge on any atom is 0.304 e. The van der Waals surface area contributed by atoms with Gasteiger partial charge in [-0.05, 0) is 18.4 Å². The molecule has 0 unspecified atom stereocenters. The first-order valence-electron chi connectivity index (χ1n) is 4.80. The van der Waals surface area contributed by atoms with E-state index >= 15 is 0 Å². The van der Waals surface area contributed by atoms with Gasteiger partial charge in [0.15, 0.2) is 0 Å². The number of carboxylic acid groups (broad SMARTS) is 1. The van der Waals surface area contributed by atoms with Crippen LogP contribution in [0.5, 0.6) is 0 Å². The molecule has 3 nitrogen and oxygen atoms in total. The highest BCUT2D eigenvalue weighted by molar-refractivity contribution is 7.99. The van der Waals surface area contributed by atoms with Crippen molar-refractivity contribution in [3.8, 4) is 0 Å². The Morgan fingerprint density at radius 3 is 2.94 bits per heavy atom. The molecule has 1 aromatic heterocycles. The Hall–Kier alpha value is -1.07. The molecule has 1 atom stereocenters. The molecule has 84 valence electrons. The molecule has 0 aliphatic rings. The molecule has 0 spiro atoms. The van der Waals surface area contributed by atoms with Crippen molar-refractivity contribution < 1.29 is 9.90 Å². The van der Waals surface area contributed by atoms with Gasteiger partial charge in [-0.15, -0.1) is 11.3 Å². The SMILES string of the molecule is CS[C@@H](CC(=O)O)c1nc2ccccc2s1. The van der Waals surface area contributed by atoms with Crippen LogP contribution >= 0.6 is 23.1 Å². The number of aromatic nitrogens is 1. The van der Waals surface area contributed by atoms with Crippen LogP contribution in [0.15, 0.2) is 24.3 Å². The number of carbonyl (C=O) groups is 1. The summed E-state index contributed by atoms with van der Waals surface area (Å²) in [5.41, 5.74) is 0.951. The van der Waals surface area contributed by atoms with Crippen LogP contribution in [0.25, 0.3) is 10.2 Å². The monoisotopic (exact) mass is 253 g/mol. The van der Waals surface area contributed by atoms with Crippen molar-refractivity contribution in [1.29, 1.82) is 0 Å². The highest BCUT2D eigenvalue weighted by Crippen LogP contribution is 2.35. The third-order valence-corrected chi connectivity index (χ3v) is 4.49. The lowest BCUT2D eigenvalue weighted by Gasteiger charge is -2.06. The number of hydrogen-bond donors (Lipinski definition) is 1. The predicted octanol–water partition coefficient (Wildman–Crippen LogP) is 3.18. The van der Waals surface area contributed by atoms with Crippen LogP contribution in [0.3, 0.4) is 0 Å². The van der Waals surface area contributed by atoms with Gasteiger partial charge in [-0.1, -0.05) is 12.1 Å². The number of hydrogen-bond acceptors (Lipinski definition) is 4. The summed E-state index contributed by atoms with van der Waals surface area (Å²) < 4.78 is 1.11. The van der Waals surface area contributed by atoms with Crippen LogP contribution in [-0.4, -0.2) is 22.3 Å². The van der Waals surface area contributed by atoms with Gasteiger partial charge in [0.2, 0.25) is 0 Å². The van der Waals surface area contributed by atoms with Crippen LogP contribution in [0.2, 0.25) is 0 Å². The number of para-hydroxylation sites is 1. The topological polar surface area (TPSA) is 50.2 Å². The fourth-order valence-corrected chi connectivity index (χ4v) is 3.40. The normalized spacial score (nSPS) is 12.8. The van der Waals surface area contributed by atoms with Gasteiger partial charge in [0.05, 0.1) is 21.9 Å². The second-order valence-electron chi connectivity index (χ2n) is 3.34. The number of thioether (sulfide) groups is 1. The van der Waals surface area contributed by atoms with E-state index in [9.17, 15) is 4.79 Å². The molecule has 2 rings (SSSR count). The van der Waals surface area contributed by atoms with E-state index < -0.39 is 5.97 Å². The standard InChI is InChI=1S/C11H11NO2S2/c1-15-9(6-10(13)14)11-12-7-4-2-3-5-8(7)16-11/h2-5,9H,6H2,1H3,(H,13,14)/t9-/m0/s1. The Bertz CT molecular complexity index is 476. The molecule has 0 saturated heterocycles. The van der Waals surface area contributed by atoms with Gasteiger partial charge in [0.1, 0.15) is 5.01 Å². The molecule has 2 aromatic rings. The van der Waals surface area contributed by atoms with Gasteiger partial charge >= 0.3 is 5.97 Å². The van der Waals surface area contributed by atoms with Gasteiger partial charge in [0.25, 0.3) is 0 Å². The summed E-state index contributed by atoms with van der Waals surface area (Å²) in [7, 11) is 0. The molecule has 1 aromatic carbocycles. The van der Waals surface area contributed by atoms with E-state index in [0.29, 0.717) is 0 Å². The molecule has 0 bridgehead atoms. The second-order valence-corrected chi connectivity index (χ2v) is 5.44. The summed E-state index contributed by atoms with van der Waals surface area (Å²) in [6.45, 7) is 0. The van der Waals surface area contributed by atoms with Gasteiger partial charge in [-0.25, -0.2) is 4.98 Å². The number of carboxylic acids is 1. The third-order valence-electron chi connectivity index (χ3n) is 2.23. The van der Waals surface area contributed by atoms with Crippen molar-refractivity contribution in [3.05, 3.63) is 29.3 Å². The maximum absolute atomic E-state index is 10.7. The summed E-state index contributed by atoms with van der Waals surface area (Å²) in [5, 5.41) is 9.67. The summed E-state index contributed by atoms with van der Waals surface area (Å²) >= 11 is 3.11. The van der Waals surface area contributed by atoms with Crippen LogP contribution in [-0.2, 0) is 4.79 Å². The first kappa shape index (κ1) is 11.4. The Morgan fingerprint density at radius 1 is 1.56 bits per heavy atom. The van der Waals surface area contributed by atoms with Gasteiger partial charge in [0, 0.05) is 0 Å². The third kappa shape index (κ3) is 2.36. The van der Waals surface area contributed by atoms with E-state index in [-0.39, 0.29) is 11.7 Å². The molecule has 1 N–H and O–H groups in total. The Labute approximate surface area is 102 Å². The van der Waals surface area contributed by atoms with Crippen LogP contribution in [0.4, 0.5) is 0 Å². The number of fused-ring (bicyclic) bond motifs is 1. The van der Waals surface area contributed by atoms with Crippen LogP contribution < -0.4 is 0 Å². The highest BCUT2D eigenvalue weighted by atomic mass is 32.2. The molecule has 0 aliphatic heterocycles. The van der Waals surface area contributed by atoms with E-state index in [0.717, 1.165) is 15.2 Å². The van der Waals surface area contributed by atoms with Crippen LogP contribution in [0.1, 0.15) is 16.7 Å². The zero-order valence-electron chi connectivity index (χ0n) is 8.71. The molecule has 5 heteroatoms. The lowest BCUT2D eigenvalue weighted by atomic mass is 10.3. The number of benzene rings is 1. The van der Waals surface area contributed by atoms with Gasteiger partial charge < -0.3 is 5.11 Å². The molecule has 0 amide bonds. The maximum atomic E-state index is 10.7. The Morgan fingerprint density at radius 2 is 2.31 bits per heavy atom. The zero-order chi connectivity index (χ0) is 11.5. The van der Waals surface area contributed by atoms with E-state index in [4.69, 9.17) is 5.11 Å². The molecular formula is C11H11NO2S2. The fraction of sp³-hybridized carbons (Fsp3) is 0.273. The van der Waals surface area contributed by atoms with E-state index in [1.807, 2.05) is 30.5 Å². The van der Waals surface area contributed by atoms with Crippen LogP contribution in [0, 0.1) is 0 Å². The lowest BCUT2D eigenvalue weighted by molar-refractivity contribution is -0.137. The predicted molar refractivity (Wildman–Crippen MR) is 68.1 cm³/mol. The van der Waals surface area contributed by atoms with E-state index in [1.54, 1.807) is 11.3 Å². The van der Waals surface area contributed by atoms with E-state index in [2.05, 4.69) is 4.98 Å². The highest BCUT2D eigenvalue weighted by Gasteiger charge is 2.18. The Balaban J connectivity index is 2.34. The van der Waals surface area contributed by atoms with Gasteiger partial charge in [-0.3, -0.25) is 4.79 Å². The van der Waals surface area contributed by atoms with Crippen molar-refractivity contribution in [2.24, 2.45) is 0 Å². The fourth-order valence-electron chi connectivity index (χ4n) is 1.46. The number of aliphatic carboxylic acids is 1. The second kappa shape index (κ2) is 4.84. The smallest absolute Gasteiger partial charge is 0.304 e. The quantitative estimate of drug-likeness (QED) is 0.909. The minimum Gasteiger partial charge on any atom is -0.481 e. The summed E-state index contributed by atoms with van der Waals surface area (Å²) in [5.74, 6) is -0.779. The molecule has 0 radical (unpaired) electrons. The summed E-state index contributed by atoms with van der Waals surface area (Å²) in [6, 6.07) is 7.87. The number of thiazole rings is 1. The molecule has 16 heavy (non-hydrogen) atoms. The molecule has 0 saturated carbocycles.